The molecule has 0 radical (unpaired) electrons. The maximum Gasteiger partial charge on any atom is 0.409 e. The Morgan fingerprint density at radius 3 is 2.49 bits per heavy atom. The maximum absolute atomic E-state index is 14.1. The zero-order chi connectivity index (χ0) is 39.7. The van der Waals surface area contributed by atoms with Gasteiger partial charge in [-0.05, 0) is 71.0 Å². The lowest BCUT2D eigenvalue weighted by Gasteiger charge is -2.59. The Labute approximate surface area is 318 Å². The summed E-state index contributed by atoms with van der Waals surface area (Å²) in [5.41, 5.74) is -2.63. The number of carbonyl (C=O) groups excluding carboxylic acids is 3. The van der Waals surface area contributed by atoms with Crippen molar-refractivity contribution in [2.24, 2.45) is 0 Å². The van der Waals surface area contributed by atoms with Gasteiger partial charge in [0, 0.05) is 27.0 Å². The van der Waals surface area contributed by atoms with E-state index in [-0.39, 0.29) is 30.0 Å². The number of benzene rings is 1. The number of hydrogen-bond acceptors (Lipinski definition) is 11. The number of allylic oxidation sites excluding steroid dienone is 3. The van der Waals surface area contributed by atoms with Gasteiger partial charge in [0.1, 0.15) is 52.4 Å². The molecule has 296 valence electrons. The van der Waals surface area contributed by atoms with Gasteiger partial charge in [0.15, 0.2) is 5.72 Å². The predicted octanol–water partition coefficient (Wildman–Crippen LogP) is 5.38. The average molecular weight is 792 g/mol. The summed E-state index contributed by atoms with van der Waals surface area (Å²) in [6.45, 7) is 6.41. The second-order valence-electron chi connectivity index (χ2n) is 14.4. The number of hydrogen-bond donors (Lipinski definition) is 3. The highest BCUT2D eigenvalue weighted by Gasteiger charge is 2.63. The lowest BCUT2D eigenvalue weighted by atomic mass is 9.72. The molecule has 2 fully saturated rings. The monoisotopic (exact) mass is 791 g/mol. The first-order valence-corrected chi connectivity index (χ1v) is 18.1. The molecule has 1 aromatic carbocycles. The van der Waals surface area contributed by atoms with Crippen LogP contribution in [0, 0.1) is 0 Å². The number of carbonyl (C=O) groups is 3. The second kappa shape index (κ2) is 16.4. The number of anilines is 1. The van der Waals surface area contributed by atoms with Crippen molar-refractivity contribution in [3.8, 4) is 5.75 Å². The Morgan fingerprint density at radius 2 is 1.91 bits per heavy atom. The van der Waals surface area contributed by atoms with Crippen molar-refractivity contribution in [2.75, 3.05) is 39.0 Å². The first-order valence-electron chi connectivity index (χ1n) is 17.1. The number of alkyl carbamates (subject to hydrolysis) is 1. The highest BCUT2D eigenvalue weighted by atomic mass is 35.5. The Balaban J connectivity index is 1.78. The van der Waals surface area contributed by atoms with Crippen LogP contribution < -0.4 is 15.0 Å². The molecular weight excluding hydrogens is 743 g/mol. The predicted molar refractivity (Wildman–Crippen MR) is 194 cm³/mol. The molecule has 53 heavy (non-hydrogen) atoms. The van der Waals surface area contributed by atoms with E-state index in [0.29, 0.717) is 17.9 Å². The van der Waals surface area contributed by atoms with Gasteiger partial charge in [0.2, 0.25) is 5.91 Å². The molecule has 1 aromatic rings. The van der Waals surface area contributed by atoms with Gasteiger partial charge in [-0.2, -0.15) is 25.8 Å². The summed E-state index contributed by atoms with van der Waals surface area (Å²) in [7, 11) is 5.49. The van der Waals surface area contributed by atoms with Gasteiger partial charge in [-0.3, -0.25) is 19.8 Å². The molecule has 0 spiro atoms. The van der Waals surface area contributed by atoms with Crippen LogP contribution in [-0.4, -0.2) is 116 Å². The van der Waals surface area contributed by atoms with Gasteiger partial charge < -0.3 is 33.7 Å². The number of esters is 1. The summed E-state index contributed by atoms with van der Waals surface area (Å²) in [5.74, 6) is -1.33. The van der Waals surface area contributed by atoms with E-state index < -0.39 is 77.9 Å². The molecule has 4 aliphatic heterocycles. The quantitative estimate of drug-likeness (QED) is 0.233. The number of thiol groups is 1. The number of methoxy groups -OCH3 is 2. The van der Waals surface area contributed by atoms with E-state index >= 15 is 0 Å². The van der Waals surface area contributed by atoms with E-state index in [0.717, 1.165) is 16.0 Å². The van der Waals surface area contributed by atoms with Crippen LogP contribution in [0.2, 0.25) is 5.02 Å². The smallest absolute Gasteiger partial charge is 0.409 e. The minimum absolute atomic E-state index is 0.0531. The summed E-state index contributed by atoms with van der Waals surface area (Å²) in [5, 5.41) is 14.3. The van der Waals surface area contributed by atoms with Crippen molar-refractivity contribution in [1.82, 2.24) is 10.2 Å². The van der Waals surface area contributed by atoms with Crippen molar-refractivity contribution >= 4 is 47.9 Å². The number of nitrogens with zero attached hydrogens (tertiary/aromatic N) is 2. The van der Waals surface area contributed by atoms with E-state index in [2.05, 4.69) is 17.9 Å². The first kappa shape index (κ1) is 42.7. The highest BCUT2D eigenvalue weighted by Crippen LogP contribution is 2.50. The zero-order valence-electron chi connectivity index (χ0n) is 31.1. The molecule has 4 heterocycles. The van der Waals surface area contributed by atoms with Crippen LogP contribution in [-0.2, 0) is 35.0 Å². The van der Waals surface area contributed by atoms with Crippen LogP contribution in [0.5, 0.6) is 5.75 Å². The fraction of sp³-hybridized carbons (Fsp3) is 0.639. The summed E-state index contributed by atoms with van der Waals surface area (Å²) in [4.78, 5) is 42.7. The van der Waals surface area contributed by atoms with E-state index in [1.165, 1.54) is 40.1 Å². The average Bonchev–Trinajstić information content (AvgIpc) is 3.06. The second-order valence-corrected chi connectivity index (χ2v) is 15.2. The maximum atomic E-state index is 14.1. The summed E-state index contributed by atoms with van der Waals surface area (Å²) in [6.07, 6.45) is -4.37. The molecule has 12 nitrogen and oxygen atoms in total. The van der Waals surface area contributed by atoms with Crippen molar-refractivity contribution in [3.05, 3.63) is 46.5 Å². The fourth-order valence-electron chi connectivity index (χ4n) is 7.29. The van der Waals surface area contributed by atoms with Crippen molar-refractivity contribution in [1.29, 1.82) is 0 Å². The van der Waals surface area contributed by atoms with Gasteiger partial charge in [0.25, 0.3) is 0 Å². The third-order valence-corrected chi connectivity index (χ3v) is 11.0. The van der Waals surface area contributed by atoms with Crippen LogP contribution >= 0.6 is 24.2 Å². The SMILES string of the molecule is COc1cc2cc(c1Cl)N(C)C(=O)C[C@H](OC(=O)[C@H](C)N(C)C(CCS)C(F)(F)F)[C@@]1(C)C[C@@](C)(O1)[C@@H]1C[C@@](O)(NC(=O)O1)[C@H](OC)/C=C/C=C(\C)C2. The van der Waals surface area contributed by atoms with E-state index in [9.17, 15) is 32.7 Å². The van der Waals surface area contributed by atoms with Crippen LogP contribution in [0.3, 0.4) is 0 Å². The molecule has 5 rings (SSSR count). The molecular formula is C36H49ClF3N3O9S. The van der Waals surface area contributed by atoms with Crippen LogP contribution in [0.1, 0.15) is 58.9 Å². The number of aliphatic hydroxyl groups is 1. The van der Waals surface area contributed by atoms with Gasteiger partial charge in [-0.1, -0.05) is 35.4 Å². The van der Waals surface area contributed by atoms with E-state index in [1.54, 1.807) is 38.1 Å². The number of likely N-dealkylation sites (N-methyl/N-ethyl adjacent to an activating group) is 1. The number of rotatable bonds is 8. The lowest BCUT2D eigenvalue weighted by Crippen LogP contribution is -2.72. The zero-order valence-corrected chi connectivity index (χ0v) is 32.7. The Hall–Kier alpha value is -3.02. The molecule has 6 bridgehead atoms. The molecule has 0 aliphatic carbocycles. The number of nitrogens with one attached hydrogen (secondary N) is 1. The third kappa shape index (κ3) is 9.27. The summed E-state index contributed by atoms with van der Waals surface area (Å²) >= 11 is 10.7. The lowest BCUT2D eigenvalue weighted by molar-refractivity contribution is -0.328. The van der Waals surface area contributed by atoms with Crippen LogP contribution in [0.15, 0.2) is 35.9 Å². The number of alkyl halides is 3. The Bertz CT molecular complexity index is 1610. The molecule has 0 saturated carbocycles. The minimum atomic E-state index is -4.65. The van der Waals surface area contributed by atoms with Crippen molar-refractivity contribution in [3.63, 3.8) is 0 Å². The fourth-order valence-corrected chi connectivity index (χ4v) is 7.85. The molecule has 1 unspecified atom stereocenters. The van der Waals surface area contributed by atoms with Gasteiger partial charge >= 0.3 is 18.2 Å². The molecule has 8 atom stereocenters. The Kier molecular flexibility index (Phi) is 13.2. The molecule has 2 amide bonds. The third-order valence-electron chi connectivity index (χ3n) is 10.3. The van der Waals surface area contributed by atoms with Crippen molar-refractivity contribution in [2.45, 2.75) is 113 Å². The molecule has 17 heteroatoms. The largest absolute Gasteiger partial charge is 0.495 e. The van der Waals surface area contributed by atoms with E-state index in [4.69, 9.17) is 35.3 Å². The van der Waals surface area contributed by atoms with Gasteiger partial charge in [0.05, 0.1) is 19.2 Å². The molecule has 2 N–H and O–H groups in total. The summed E-state index contributed by atoms with van der Waals surface area (Å²) in [6, 6.07) is 0.100. The number of amides is 2. The van der Waals surface area contributed by atoms with Gasteiger partial charge in [-0.15, -0.1) is 0 Å². The first-order chi connectivity index (χ1) is 24.6. The number of halogens is 4. The Morgan fingerprint density at radius 1 is 1.25 bits per heavy atom. The number of fused-ring (bicyclic) bond motifs is 6. The highest BCUT2D eigenvalue weighted by molar-refractivity contribution is 7.80. The minimum Gasteiger partial charge on any atom is -0.495 e. The molecule has 2 saturated heterocycles. The standard InChI is InChI=1S/C36H49ClF3N3O9S/c1-20-10-9-11-26(49-8)35(47)18-28(51-32(46)41-35)34(4)19-33(3,52-34)27(50-31(45)21(2)42(5)25(12-13-53)36(38,39)40)17-29(44)43(6)23-15-22(14-20)16-24(48-7)30(23)37/h9-11,15-16,21,25-28,47,53H,12-14,17-19H2,1-8H3,(H,41,46)/b11-9+,20-10+/t21-,25?,26+,27-,28-,33+,34+,35-/m0/s1. The molecule has 0 aromatic heterocycles. The van der Waals surface area contributed by atoms with Gasteiger partial charge in [-0.25, -0.2) is 4.79 Å². The summed E-state index contributed by atoms with van der Waals surface area (Å²) < 4.78 is 70.9. The van der Waals surface area contributed by atoms with Crippen molar-refractivity contribution < 1.29 is 56.3 Å². The molecule has 4 aliphatic rings. The number of ether oxygens (including phenoxy) is 5. The topological polar surface area (TPSA) is 136 Å². The normalized spacial score (nSPS) is 32.4. The van der Waals surface area contributed by atoms with Crippen LogP contribution in [0.25, 0.3) is 0 Å². The van der Waals surface area contributed by atoms with Crippen LogP contribution in [0.4, 0.5) is 23.7 Å². The van der Waals surface area contributed by atoms with E-state index in [1.807, 2.05) is 13.0 Å².